The summed E-state index contributed by atoms with van der Waals surface area (Å²) in [6.07, 6.45) is 0.710. The van der Waals surface area contributed by atoms with Gasteiger partial charge in [0.25, 0.3) is 5.91 Å². The molecule has 6 heteroatoms. The van der Waals surface area contributed by atoms with Crippen LogP contribution >= 0.6 is 0 Å². The van der Waals surface area contributed by atoms with Crippen LogP contribution in [0.3, 0.4) is 0 Å². The number of ether oxygens (including phenoxy) is 3. The molecule has 6 nitrogen and oxygen atoms in total. The zero-order valence-corrected chi connectivity index (χ0v) is 12.4. The van der Waals surface area contributed by atoms with Crippen LogP contribution in [0.25, 0.3) is 0 Å². The fourth-order valence-electron chi connectivity index (χ4n) is 1.90. The topological polar surface area (TPSA) is 82.8 Å². The van der Waals surface area contributed by atoms with Gasteiger partial charge in [0.05, 0.1) is 26.9 Å². The standard InChI is InChI=1S/C14H22N2O4/c1-9(7-8-15)16-14(17)10-5-6-11(18-2)13(20-4)12(10)19-3/h5-6,9H,7-8,15H2,1-4H3,(H,16,17). The Labute approximate surface area is 119 Å². The van der Waals surface area contributed by atoms with Gasteiger partial charge >= 0.3 is 0 Å². The lowest BCUT2D eigenvalue weighted by Gasteiger charge is -2.17. The highest BCUT2D eigenvalue weighted by atomic mass is 16.5. The Kier molecular flexibility index (Phi) is 6.11. The van der Waals surface area contributed by atoms with Crippen LogP contribution in [-0.4, -0.2) is 39.8 Å². The van der Waals surface area contributed by atoms with Crippen molar-refractivity contribution in [1.82, 2.24) is 5.32 Å². The molecule has 0 bridgehead atoms. The van der Waals surface area contributed by atoms with E-state index < -0.39 is 0 Å². The van der Waals surface area contributed by atoms with Gasteiger partial charge in [-0.1, -0.05) is 0 Å². The number of benzene rings is 1. The smallest absolute Gasteiger partial charge is 0.255 e. The summed E-state index contributed by atoms with van der Waals surface area (Å²) in [7, 11) is 4.51. The monoisotopic (exact) mass is 282 g/mol. The third kappa shape index (κ3) is 3.54. The first-order valence-corrected chi connectivity index (χ1v) is 6.38. The molecule has 0 saturated carbocycles. The van der Waals surface area contributed by atoms with Crippen molar-refractivity contribution in [3.05, 3.63) is 17.7 Å². The number of carbonyl (C=O) groups excluding carboxylic acids is 1. The van der Waals surface area contributed by atoms with Gasteiger partial charge in [-0.2, -0.15) is 0 Å². The second-order valence-corrected chi connectivity index (χ2v) is 4.33. The molecule has 1 amide bonds. The quantitative estimate of drug-likeness (QED) is 0.784. The minimum atomic E-state index is -0.233. The van der Waals surface area contributed by atoms with Crippen molar-refractivity contribution in [2.75, 3.05) is 27.9 Å². The van der Waals surface area contributed by atoms with E-state index in [1.807, 2.05) is 6.92 Å². The maximum absolute atomic E-state index is 12.2. The molecular formula is C14H22N2O4. The third-order valence-electron chi connectivity index (χ3n) is 2.93. The molecule has 1 unspecified atom stereocenters. The fourth-order valence-corrected chi connectivity index (χ4v) is 1.90. The highest BCUT2D eigenvalue weighted by Crippen LogP contribution is 2.39. The van der Waals surface area contributed by atoms with Crippen LogP contribution in [0.1, 0.15) is 23.7 Å². The van der Waals surface area contributed by atoms with Crippen LogP contribution in [0.5, 0.6) is 17.2 Å². The van der Waals surface area contributed by atoms with E-state index in [9.17, 15) is 4.79 Å². The van der Waals surface area contributed by atoms with Gasteiger partial charge < -0.3 is 25.3 Å². The zero-order chi connectivity index (χ0) is 15.1. The van der Waals surface area contributed by atoms with E-state index in [0.29, 0.717) is 35.8 Å². The predicted molar refractivity (Wildman–Crippen MR) is 76.7 cm³/mol. The molecule has 20 heavy (non-hydrogen) atoms. The lowest BCUT2D eigenvalue weighted by atomic mass is 10.1. The molecule has 0 heterocycles. The Hall–Kier alpha value is -1.95. The van der Waals surface area contributed by atoms with Crippen molar-refractivity contribution >= 4 is 5.91 Å². The number of methoxy groups -OCH3 is 3. The second kappa shape index (κ2) is 7.59. The Balaban J connectivity index is 3.08. The van der Waals surface area contributed by atoms with Crippen molar-refractivity contribution in [2.24, 2.45) is 5.73 Å². The van der Waals surface area contributed by atoms with Crippen LogP contribution in [0, 0.1) is 0 Å². The zero-order valence-electron chi connectivity index (χ0n) is 12.4. The molecule has 1 aromatic carbocycles. The van der Waals surface area contributed by atoms with Crippen molar-refractivity contribution in [1.29, 1.82) is 0 Å². The fraction of sp³-hybridized carbons (Fsp3) is 0.500. The first kappa shape index (κ1) is 16.1. The third-order valence-corrected chi connectivity index (χ3v) is 2.93. The van der Waals surface area contributed by atoms with Crippen molar-refractivity contribution in [3.8, 4) is 17.2 Å². The average Bonchev–Trinajstić information content (AvgIpc) is 2.45. The molecule has 0 saturated heterocycles. The lowest BCUT2D eigenvalue weighted by molar-refractivity contribution is 0.0935. The van der Waals surface area contributed by atoms with E-state index in [1.165, 1.54) is 21.3 Å². The summed E-state index contributed by atoms with van der Waals surface area (Å²) in [6.45, 7) is 2.42. The van der Waals surface area contributed by atoms with E-state index in [2.05, 4.69) is 5.32 Å². The summed E-state index contributed by atoms with van der Waals surface area (Å²) in [4.78, 5) is 12.2. The number of nitrogens with two attached hydrogens (primary N) is 1. The lowest BCUT2D eigenvalue weighted by Crippen LogP contribution is -2.34. The Morgan fingerprint density at radius 1 is 1.20 bits per heavy atom. The molecular weight excluding hydrogens is 260 g/mol. The summed E-state index contributed by atoms with van der Waals surface area (Å²) in [5.74, 6) is 1.03. The molecule has 1 aromatic rings. The van der Waals surface area contributed by atoms with Gasteiger partial charge in [0.15, 0.2) is 11.5 Å². The van der Waals surface area contributed by atoms with E-state index in [-0.39, 0.29) is 11.9 Å². The maximum Gasteiger partial charge on any atom is 0.255 e. The maximum atomic E-state index is 12.2. The van der Waals surface area contributed by atoms with Crippen molar-refractivity contribution < 1.29 is 19.0 Å². The Morgan fingerprint density at radius 3 is 2.35 bits per heavy atom. The number of rotatable bonds is 7. The summed E-state index contributed by atoms with van der Waals surface area (Å²) in [5.41, 5.74) is 5.87. The molecule has 0 spiro atoms. The molecule has 1 rings (SSSR count). The van der Waals surface area contributed by atoms with Crippen LogP contribution in [-0.2, 0) is 0 Å². The van der Waals surface area contributed by atoms with Gasteiger partial charge in [0.2, 0.25) is 5.75 Å². The van der Waals surface area contributed by atoms with Crippen LogP contribution < -0.4 is 25.3 Å². The largest absolute Gasteiger partial charge is 0.493 e. The number of nitrogens with one attached hydrogen (secondary N) is 1. The SMILES string of the molecule is COc1ccc(C(=O)NC(C)CCN)c(OC)c1OC. The molecule has 112 valence electrons. The van der Waals surface area contributed by atoms with Crippen molar-refractivity contribution in [2.45, 2.75) is 19.4 Å². The number of hydrogen-bond acceptors (Lipinski definition) is 5. The van der Waals surface area contributed by atoms with E-state index in [1.54, 1.807) is 12.1 Å². The molecule has 1 atom stereocenters. The van der Waals surface area contributed by atoms with E-state index in [4.69, 9.17) is 19.9 Å². The summed E-state index contributed by atoms with van der Waals surface area (Å²) >= 11 is 0. The van der Waals surface area contributed by atoms with Gasteiger partial charge in [0, 0.05) is 6.04 Å². The highest BCUT2D eigenvalue weighted by molar-refractivity contribution is 5.98. The molecule has 0 fully saturated rings. The Bertz CT molecular complexity index is 463. The number of hydrogen-bond donors (Lipinski definition) is 2. The predicted octanol–water partition coefficient (Wildman–Crippen LogP) is 1.18. The van der Waals surface area contributed by atoms with Gasteiger partial charge in [0.1, 0.15) is 0 Å². The van der Waals surface area contributed by atoms with Gasteiger partial charge in [-0.25, -0.2) is 0 Å². The van der Waals surface area contributed by atoms with Gasteiger partial charge in [-0.05, 0) is 32.0 Å². The molecule has 0 radical (unpaired) electrons. The highest BCUT2D eigenvalue weighted by Gasteiger charge is 2.21. The summed E-state index contributed by atoms with van der Waals surface area (Å²) < 4.78 is 15.7. The van der Waals surface area contributed by atoms with Gasteiger partial charge in [-0.15, -0.1) is 0 Å². The number of amides is 1. The first-order chi connectivity index (χ1) is 9.58. The number of carbonyl (C=O) groups is 1. The molecule has 3 N–H and O–H groups in total. The van der Waals surface area contributed by atoms with Crippen LogP contribution in [0.2, 0.25) is 0 Å². The van der Waals surface area contributed by atoms with Crippen molar-refractivity contribution in [3.63, 3.8) is 0 Å². The summed E-state index contributed by atoms with van der Waals surface area (Å²) in [6, 6.07) is 3.31. The minimum absolute atomic E-state index is 0.00898. The van der Waals surface area contributed by atoms with Crippen LogP contribution in [0.15, 0.2) is 12.1 Å². The van der Waals surface area contributed by atoms with Crippen LogP contribution in [0.4, 0.5) is 0 Å². The molecule has 0 aliphatic rings. The van der Waals surface area contributed by atoms with E-state index in [0.717, 1.165) is 0 Å². The minimum Gasteiger partial charge on any atom is -0.493 e. The molecule has 0 aliphatic carbocycles. The summed E-state index contributed by atoms with van der Waals surface area (Å²) in [5, 5.41) is 2.87. The molecule has 0 aromatic heterocycles. The average molecular weight is 282 g/mol. The Morgan fingerprint density at radius 2 is 1.85 bits per heavy atom. The normalized spacial score (nSPS) is 11.7. The van der Waals surface area contributed by atoms with E-state index >= 15 is 0 Å². The first-order valence-electron chi connectivity index (χ1n) is 6.38. The molecule has 0 aliphatic heterocycles. The van der Waals surface area contributed by atoms with Gasteiger partial charge in [-0.3, -0.25) is 4.79 Å². The second-order valence-electron chi connectivity index (χ2n) is 4.33.